The molecule has 1 saturated carbocycles. The molecule has 23 heavy (non-hydrogen) atoms. The van der Waals surface area contributed by atoms with E-state index in [9.17, 15) is 9.59 Å². The lowest BCUT2D eigenvalue weighted by molar-refractivity contribution is -0.128. The Hall–Kier alpha value is -1.92. The van der Waals surface area contributed by atoms with Crippen molar-refractivity contribution in [3.63, 3.8) is 0 Å². The minimum Gasteiger partial charge on any atom is -0.375 e. The number of nitrogens with one attached hydrogen (secondary N) is 2. The Bertz CT molecular complexity index is 547. The van der Waals surface area contributed by atoms with E-state index in [2.05, 4.69) is 15.5 Å². The van der Waals surface area contributed by atoms with E-state index < -0.39 is 6.03 Å². The van der Waals surface area contributed by atoms with Crippen LogP contribution >= 0.6 is 0 Å². The molecule has 3 amide bonds. The average molecular weight is 317 g/mol. The molecule has 1 aliphatic carbocycles. The number of benzene rings is 1. The summed E-state index contributed by atoms with van der Waals surface area (Å²) in [5, 5.41) is 5.05. The number of urea groups is 1. The van der Waals surface area contributed by atoms with Gasteiger partial charge in [-0.05, 0) is 25.0 Å². The van der Waals surface area contributed by atoms with Gasteiger partial charge in [-0.15, -0.1) is 0 Å². The van der Waals surface area contributed by atoms with Gasteiger partial charge < -0.3 is 10.1 Å². The van der Waals surface area contributed by atoms with Crippen LogP contribution in [-0.4, -0.2) is 48.7 Å². The van der Waals surface area contributed by atoms with E-state index >= 15 is 0 Å². The van der Waals surface area contributed by atoms with Crippen molar-refractivity contribution in [1.29, 1.82) is 0 Å². The minimum absolute atomic E-state index is 0.239. The van der Waals surface area contributed by atoms with Crippen LogP contribution in [0.3, 0.4) is 0 Å². The van der Waals surface area contributed by atoms with Crippen molar-refractivity contribution in [3.8, 4) is 0 Å². The predicted octanol–water partition coefficient (Wildman–Crippen LogP) is 1.98. The first kappa shape index (κ1) is 16.0. The minimum atomic E-state index is -0.491. The zero-order valence-corrected chi connectivity index (χ0v) is 13.2. The second-order valence-corrected chi connectivity index (χ2v) is 6.10. The van der Waals surface area contributed by atoms with Crippen molar-refractivity contribution in [2.75, 3.05) is 25.0 Å². The molecule has 3 rings (SSSR count). The fourth-order valence-corrected chi connectivity index (χ4v) is 3.41. The summed E-state index contributed by atoms with van der Waals surface area (Å²) in [6, 6.07) is 8.89. The van der Waals surface area contributed by atoms with Gasteiger partial charge in [-0.2, -0.15) is 0 Å². The maximum atomic E-state index is 12.1. The molecule has 2 fully saturated rings. The Balaban J connectivity index is 1.49. The molecule has 0 spiro atoms. The third-order valence-corrected chi connectivity index (χ3v) is 4.48. The number of nitrogens with zero attached hydrogens (tertiary/aromatic N) is 1. The highest BCUT2D eigenvalue weighted by molar-refractivity contribution is 6.01. The van der Waals surface area contributed by atoms with Crippen LogP contribution in [0.25, 0.3) is 0 Å². The van der Waals surface area contributed by atoms with Crippen LogP contribution in [0, 0.1) is 0 Å². The third-order valence-electron chi connectivity index (χ3n) is 4.48. The smallest absolute Gasteiger partial charge is 0.325 e. The fraction of sp³-hybridized carbons (Fsp3) is 0.529. The summed E-state index contributed by atoms with van der Waals surface area (Å²) in [7, 11) is 0. The molecular weight excluding hydrogens is 294 g/mol. The summed E-state index contributed by atoms with van der Waals surface area (Å²) in [6.45, 7) is 1.65. The van der Waals surface area contributed by atoms with Gasteiger partial charge in [0.25, 0.3) is 0 Å². The third kappa shape index (κ3) is 4.30. The Morgan fingerprint density at radius 3 is 2.78 bits per heavy atom. The lowest BCUT2D eigenvalue weighted by Gasteiger charge is -2.43. The number of hydrogen-bond donors (Lipinski definition) is 2. The summed E-state index contributed by atoms with van der Waals surface area (Å²) in [5.41, 5.74) is 0.663. The van der Waals surface area contributed by atoms with Gasteiger partial charge >= 0.3 is 6.03 Å². The number of carbonyl (C=O) groups is 2. The normalized spacial score (nSPS) is 24.5. The van der Waals surface area contributed by atoms with E-state index in [-0.39, 0.29) is 18.6 Å². The van der Waals surface area contributed by atoms with Crippen molar-refractivity contribution in [1.82, 2.24) is 10.2 Å². The van der Waals surface area contributed by atoms with Crippen molar-refractivity contribution in [3.05, 3.63) is 30.3 Å². The Morgan fingerprint density at radius 2 is 1.96 bits per heavy atom. The maximum Gasteiger partial charge on any atom is 0.325 e. The van der Waals surface area contributed by atoms with E-state index in [4.69, 9.17) is 4.74 Å². The van der Waals surface area contributed by atoms with Crippen LogP contribution in [0.2, 0.25) is 0 Å². The second kappa shape index (κ2) is 7.57. The summed E-state index contributed by atoms with van der Waals surface area (Å²) < 4.78 is 5.80. The number of amides is 3. The number of rotatable bonds is 3. The summed E-state index contributed by atoms with van der Waals surface area (Å²) in [6.07, 6.45) is 4.74. The maximum absolute atomic E-state index is 12.1. The molecular formula is C17H23N3O3. The van der Waals surface area contributed by atoms with Gasteiger partial charge in [0.15, 0.2) is 0 Å². The van der Waals surface area contributed by atoms with Gasteiger partial charge in [0.2, 0.25) is 5.91 Å². The molecule has 1 heterocycles. The molecule has 2 atom stereocenters. The van der Waals surface area contributed by atoms with E-state index in [1.165, 1.54) is 12.8 Å². The highest BCUT2D eigenvalue weighted by Gasteiger charge is 2.34. The number of hydrogen-bond acceptors (Lipinski definition) is 4. The molecule has 6 nitrogen and oxygen atoms in total. The first-order valence-corrected chi connectivity index (χ1v) is 8.24. The lowest BCUT2D eigenvalue weighted by atomic mass is 9.90. The Morgan fingerprint density at radius 1 is 1.17 bits per heavy atom. The summed E-state index contributed by atoms with van der Waals surface area (Å²) in [5.74, 6) is -0.273. The monoisotopic (exact) mass is 317 g/mol. The van der Waals surface area contributed by atoms with Crippen LogP contribution in [0.1, 0.15) is 25.7 Å². The number of para-hydroxylation sites is 1. The van der Waals surface area contributed by atoms with E-state index in [0.717, 1.165) is 19.4 Å². The topological polar surface area (TPSA) is 70.7 Å². The molecule has 1 aromatic carbocycles. The van der Waals surface area contributed by atoms with Gasteiger partial charge in [-0.1, -0.05) is 31.0 Å². The highest BCUT2D eigenvalue weighted by Crippen LogP contribution is 2.28. The largest absolute Gasteiger partial charge is 0.375 e. The fourth-order valence-electron chi connectivity index (χ4n) is 3.41. The molecule has 0 aromatic heterocycles. The SMILES string of the molecule is O=C(CN1CCOC2CCCCC21)NC(=O)Nc1ccccc1. The Labute approximate surface area is 136 Å². The van der Waals surface area contributed by atoms with Gasteiger partial charge in [0, 0.05) is 18.3 Å². The van der Waals surface area contributed by atoms with Crippen molar-refractivity contribution >= 4 is 17.6 Å². The van der Waals surface area contributed by atoms with Crippen molar-refractivity contribution < 1.29 is 14.3 Å². The van der Waals surface area contributed by atoms with Gasteiger partial charge in [-0.25, -0.2) is 4.79 Å². The molecule has 1 saturated heterocycles. The molecule has 1 aliphatic heterocycles. The van der Waals surface area contributed by atoms with Gasteiger partial charge in [0.05, 0.1) is 19.3 Å². The number of carbonyl (C=O) groups excluding carboxylic acids is 2. The average Bonchev–Trinajstić information content (AvgIpc) is 2.56. The van der Waals surface area contributed by atoms with Gasteiger partial charge in [-0.3, -0.25) is 15.0 Å². The predicted molar refractivity (Wildman–Crippen MR) is 87.2 cm³/mol. The molecule has 0 bridgehead atoms. The van der Waals surface area contributed by atoms with Crippen LogP contribution < -0.4 is 10.6 Å². The zero-order chi connectivity index (χ0) is 16.1. The van der Waals surface area contributed by atoms with Gasteiger partial charge in [0.1, 0.15) is 0 Å². The molecule has 2 aliphatic rings. The number of imide groups is 1. The second-order valence-electron chi connectivity index (χ2n) is 6.10. The highest BCUT2D eigenvalue weighted by atomic mass is 16.5. The molecule has 2 unspecified atom stereocenters. The number of fused-ring (bicyclic) bond motifs is 1. The van der Waals surface area contributed by atoms with Crippen molar-refractivity contribution in [2.24, 2.45) is 0 Å². The number of morpholine rings is 1. The van der Waals surface area contributed by atoms with E-state index in [1.807, 2.05) is 18.2 Å². The zero-order valence-electron chi connectivity index (χ0n) is 13.2. The van der Waals surface area contributed by atoms with E-state index in [1.54, 1.807) is 12.1 Å². The molecule has 2 N–H and O–H groups in total. The van der Waals surface area contributed by atoms with Crippen LogP contribution in [0.15, 0.2) is 30.3 Å². The Kier molecular flexibility index (Phi) is 5.25. The molecule has 6 heteroatoms. The van der Waals surface area contributed by atoms with Crippen LogP contribution in [0.5, 0.6) is 0 Å². The first-order chi connectivity index (χ1) is 11.2. The van der Waals surface area contributed by atoms with Crippen LogP contribution in [-0.2, 0) is 9.53 Å². The lowest BCUT2D eigenvalue weighted by Crippen LogP contribution is -2.55. The number of ether oxygens (including phenoxy) is 1. The first-order valence-electron chi connectivity index (χ1n) is 8.24. The summed E-state index contributed by atoms with van der Waals surface area (Å²) >= 11 is 0. The molecule has 124 valence electrons. The molecule has 1 aromatic rings. The standard InChI is InChI=1S/C17H23N3O3/c21-16(19-17(22)18-13-6-2-1-3-7-13)12-20-10-11-23-15-9-5-4-8-14(15)20/h1-3,6-7,14-15H,4-5,8-12H2,(H2,18,19,21,22). The van der Waals surface area contributed by atoms with Crippen LogP contribution in [0.4, 0.5) is 10.5 Å². The number of anilines is 1. The quantitative estimate of drug-likeness (QED) is 0.894. The van der Waals surface area contributed by atoms with Crippen molar-refractivity contribution in [2.45, 2.75) is 37.8 Å². The van der Waals surface area contributed by atoms with E-state index in [0.29, 0.717) is 18.3 Å². The summed E-state index contributed by atoms with van der Waals surface area (Å²) in [4.78, 5) is 26.1. The molecule has 0 radical (unpaired) electrons.